The molecular weight excluding hydrogens is 273 g/mol. The number of carbonyl (C=O) groups excluding carboxylic acids is 1. The maximum absolute atomic E-state index is 13.8. The lowest BCUT2D eigenvalue weighted by Gasteiger charge is -2.21. The monoisotopic (exact) mass is 289 g/mol. The van der Waals surface area contributed by atoms with E-state index in [1.54, 1.807) is 24.3 Å². The van der Waals surface area contributed by atoms with E-state index in [9.17, 15) is 14.0 Å². The van der Waals surface area contributed by atoms with Gasteiger partial charge in [0.05, 0.1) is 0 Å². The van der Waals surface area contributed by atoms with Crippen LogP contribution in [0.4, 0.5) is 4.39 Å². The summed E-state index contributed by atoms with van der Waals surface area (Å²) in [4.78, 5) is 24.7. The highest BCUT2D eigenvalue weighted by atomic mass is 19.1. The third-order valence-corrected chi connectivity index (χ3v) is 3.21. The van der Waals surface area contributed by atoms with Gasteiger partial charge in [-0.25, -0.2) is 4.39 Å². The Morgan fingerprint density at radius 3 is 2.43 bits per heavy atom. The van der Waals surface area contributed by atoms with Crippen molar-refractivity contribution in [1.82, 2.24) is 4.90 Å². The Hall–Kier alpha value is -2.43. The fourth-order valence-electron chi connectivity index (χ4n) is 2.30. The van der Waals surface area contributed by atoms with Crippen molar-refractivity contribution in [2.45, 2.75) is 13.3 Å². The van der Waals surface area contributed by atoms with Crippen molar-refractivity contribution in [2.24, 2.45) is 0 Å². The van der Waals surface area contributed by atoms with Crippen LogP contribution in [0.5, 0.6) is 0 Å². The lowest BCUT2D eigenvalue weighted by Crippen LogP contribution is -2.36. The summed E-state index contributed by atoms with van der Waals surface area (Å²) in [6.07, 6.45) is 0.651. The van der Waals surface area contributed by atoms with Gasteiger partial charge in [0.15, 0.2) is 0 Å². The van der Waals surface area contributed by atoms with E-state index >= 15 is 0 Å². The van der Waals surface area contributed by atoms with E-state index in [4.69, 9.17) is 5.11 Å². The van der Waals surface area contributed by atoms with Gasteiger partial charge in [0.1, 0.15) is 12.4 Å². The molecule has 0 atom stereocenters. The van der Waals surface area contributed by atoms with Crippen LogP contribution in [-0.2, 0) is 4.79 Å². The van der Waals surface area contributed by atoms with E-state index in [-0.39, 0.29) is 6.54 Å². The molecule has 0 heterocycles. The van der Waals surface area contributed by atoms with E-state index in [0.717, 1.165) is 0 Å². The van der Waals surface area contributed by atoms with Gasteiger partial charge >= 0.3 is 5.97 Å². The quantitative estimate of drug-likeness (QED) is 0.920. The first-order valence-corrected chi connectivity index (χ1v) is 6.73. The summed E-state index contributed by atoms with van der Waals surface area (Å²) in [5.41, 5.74) is 0.321. The Morgan fingerprint density at radius 1 is 1.14 bits per heavy atom. The predicted octanol–water partition coefficient (Wildman–Crippen LogP) is 2.92. The Labute approximate surface area is 121 Å². The molecule has 0 aliphatic carbocycles. The van der Waals surface area contributed by atoms with Crippen molar-refractivity contribution < 1.29 is 19.1 Å². The van der Waals surface area contributed by atoms with Crippen molar-refractivity contribution in [3.63, 3.8) is 0 Å². The van der Waals surface area contributed by atoms with Crippen molar-refractivity contribution >= 4 is 22.6 Å². The van der Waals surface area contributed by atoms with Gasteiger partial charge in [-0.2, -0.15) is 0 Å². The number of nitrogens with zero attached hydrogens (tertiary/aromatic N) is 1. The van der Waals surface area contributed by atoms with Gasteiger partial charge in [0.2, 0.25) is 0 Å². The minimum Gasteiger partial charge on any atom is -0.480 e. The third kappa shape index (κ3) is 3.18. The molecule has 0 aliphatic heterocycles. The van der Waals surface area contributed by atoms with Crippen molar-refractivity contribution in [3.8, 4) is 0 Å². The van der Waals surface area contributed by atoms with Crippen molar-refractivity contribution in [1.29, 1.82) is 0 Å². The first-order chi connectivity index (χ1) is 10.0. The molecule has 1 amide bonds. The fourth-order valence-corrected chi connectivity index (χ4v) is 2.30. The predicted molar refractivity (Wildman–Crippen MR) is 77.7 cm³/mol. The van der Waals surface area contributed by atoms with Gasteiger partial charge in [0.25, 0.3) is 5.91 Å². The molecule has 4 nitrogen and oxygen atoms in total. The number of halogens is 1. The Morgan fingerprint density at radius 2 is 1.81 bits per heavy atom. The maximum atomic E-state index is 13.8. The van der Waals surface area contributed by atoms with E-state index in [1.165, 1.54) is 17.0 Å². The van der Waals surface area contributed by atoms with Gasteiger partial charge < -0.3 is 10.0 Å². The molecule has 5 heteroatoms. The molecular formula is C16H16FNO3. The topological polar surface area (TPSA) is 57.6 Å². The Kier molecular flexibility index (Phi) is 4.52. The maximum Gasteiger partial charge on any atom is 0.323 e. The third-order valence-electron chi connectivity index (χ3n) is 3.21. The first kappa shape index (κ1) is 15.0. The molecule has 21 heavy (non-hydrogen) atoms. The van der Waals surface area contributed by atoms with Crippen LogP contribution in [0.25, 0.3) is 10.8 Å². The van der Waals surface area contributed by atoms with Crippen LogP contribution in [-0.4, -0.2) is 35.0 Å². The van der Waals surface area contributed by atoms with Gasteiger partial charge in [-0.05, 0) is 23.9 Å². The van der Waals surface area contributed by atoms with E-state index < -0.39 is 17.7 Å². The van der Waals surface area contributed by atoms with Crippen LogP contribution in [0.2, 0.25) is 0 Å². The molecule has 0 spiro atoms. The zero-order valence-electron chi connectivity index (χ0n) is 11.7. The molecule has 2 rings (SSSR count). The average molecular weight is 289 g/mol. The smallest absolute Gasteiger partial charge is 0.323 e. The molecule has 2 aromatic rings. The lowest BCUT2D eigenvalue weighted by molar-refractivity contribution is -0.137. The number of carboxylic acids is 1. The van der Waals surface area contributed by atoms with Crippen LogP contribution in [0.3, 0.4) is 0 Å². The van der Waals surface area contributed by atoms with Crippen molar-refractivity contribution in [3.05, 3.63) is 47.8 Å². The minimum absolute atomic E-state index is 0.321. The number of benzene rings is 2. The molecule has 110 valence electrons. The van der Waals surface area contributed by atoms with E-state index in [2.05, 4.69) is 0 Å². The highest BCUT2D eigenvalue weighted by molar-refractivity contribution is 6.07. The number of fused-ring (bicyclic) bond motifs is 1. The minimum atomic E-state index is -1.07. The molecule has 0 aromatic heterocycles. The van der Waals surface area contributed by atoms with E-state index in [0.29, 0.717) is 29.3 Å². The fraction of sp³-hybridized carbons (Fsp3) is 0.250. The Bertz CT molecular complexity index is 684. The van der Waals surface area contributed by atoms with Crippen LogP contribution < -0.4 is 0 Å². The lowest BCUT2D eigenvalue weighted by atomic mass is 10.0. The zero-order valence-corrected chi connectivity index (χ0v) is 11.7. The number of rotatable bonds is 5. The van der Waals surface area contributed by atoms with Gasteiger partial charge in [0, 0.05) is 17.5 Å². The second-order valence-electron chi connectivity index (χ2n) is 4.76. The van der Waals surface area contributed by atoms with Gasteiger partial charge in [-0.1, -0.05) is 31.2 Å². The molecule has 0 bridgehead atoms. The summed E-state index contributed by atoms with van der Waals surface area (Å²) in [5, 5.41) is 9.76. The van der Waals surface area contributed by atoms with E-state index in [1.807, 2.05) is 6.92 Å². The number of amides is 1. The molecule has 0 fully saturated rings. The first-order valence-electron chi connectivity index (χ1n) is 6.73. The molecule has 2 aromatic carbocycles. The zero-order chi connectivity index (χ0) is 15.4. The summed E-state index contributed by atoms with van der Waals surface area (Å²) in [6.45, 7) is 1.85. The largest absolute Gasteiger partial charge is 0.480 e. The molecule has 0 saturated carbocycles. The highest BCUT2D eigenvalue weighted by Gasteiger charge is 2.20. The second-order valence-corrected chi connectivity index (χ2v) is 4.76. The summed E-state index contributed by atoms with van der Waals surface area (Å²) in [5.74, 6) is -1.86. The SMILES string of the molecule is CCCN(CC(=O)O)C(=O)c1ccc(F)c2ccccc12. The molecule has 0 saturated heterocycles. The number of carboxylic acid groups (broad SMARTS) is 1. The molecule has 0 radical (unpaired) electrons. The molecule has 0 unspecified atom stereocenters. The van der Waals surface area contributed by atoms with Crippen LogP contribution in [0.1, 0.15) is 23.7 Å². The normalized spacial score (nSPS) is 10.6. The van der Waals surface area contributed by atoms with Crippen LogP contribution in [0, 0.1) is 5.82 Å². The number of hydrogen-bond acceptors (Lipinski definition) is 2. The molecule has 0 aliphatic rings. The summed E-state index contributed by atoms with van der Waals surface area (Å²) < 4.78 is 13.8. The summed E-state index contributed by atoms with van der Waals surface area (Å²) in [7, 11) is 0. The van der Waals surface area contributed by atoms with Crippen LogP contribution in [0.15, 0.2) is 36.4 Å². The number of aliphatic carboxylic acids is 1. The van der Waals surface area contributed by atoms with Gasteiger partial charge in [-0.15, -0.1) is 0 Å². The van der Waals surface area contributed by atoms with Crippen molar-refractivity contribution in [2.75, 3.05) is 13.1 Å². The standard InChI is InChI=1S/C16H16FNO3/c1-2-9-18(10-15(19)20)16(21)13-7-8-14(17)12-6-4-3-5-11(12)13/h3-8H,2,9-10H2,1H3,(H,19,20). The highest BCUT2D eigenvalue weighted by Crippen LogP contribution is 2.23. The second kappa shape index (κ2) is 6.35. The van der Waals surface area contributed by atoms with Gasteiger partial charge in [-0.3, -0.25) is 9.59 Å². The number of carbonyl (C=O) groups is 2. The summed E-state index contributed by atoms with van der Waals surface area (Å²) >= 11 is 0. The Balaban J connectivity index is 2.47. The summed E-state index contributed by atoms with van der Waals surface area (Å²) in [6, 6.07) is 9.32. The average Bonchev–Trinajstić information content (AvgIpc) is 2.46. The van der Waals surface area contributed by atoms with Crippen LogP contribution >= 0.6 is 0 Å². The number of hydrogen-bond donors (Lipinski definition) is 1. The molecule has 1 N–H and O–H groups in total.